The molecule has 1 heterocycles. The smallest absolute Gasteiger partial charge is 0.303 e. The molecular weight excluding hydrogens is 310 g/mol. The fraction of sp³-hybridized carbons (Fsp3) is 0.824. The summed E-state index contributed by atoms with van der Waals surface area (Å²) < 4.78 is 0. The summed E-state index contributed by atoms with van der Waals surface area (Å²) in [5, 5.41) is 11.8. The van der Waals surface area contributed by atoms with Gasteiger partial charge in [-0.3, -0.25) is 14.4 Å². The molecule has 0 aromatic heterocycles. The largest absolute Gasteiger partial charge is 0.481 e. The average molecular weight is 341 g/mol. The van der Waals surface area contributed by atoms with Crippen LogP contribution in [0.3, 0.4) is 0 Å². The van der Waals surface area contributed by atoms with Crippen molar-refractivity contribution in [3.63, 3.8) is 0 Å². The second kappa shape index (κ2) is 11.8. The first-order chi connectivity index (χ1) is 11.5. The van der Waals surface area contributed by atoms with Gasteiger partial charge in [-0.15, -0.1) is 0 Å². The monoisotopic (exact) mass is 341 g/mol. The van der Waals surface area contributed by atoms with Crippen molar-refractivity contribution in [2.24, 2.45) is 5.73 Å². The number of aliphatic carboxylic acids is 1. The van der Waals surface area contributed by atoms with Crippen LogP contribution in [0, 0.1) is 0 Å². The van der Waals surface area contributed by atoms with E-state index in [0.717, 1.165) is 64.6 Å². The van der Waals surface area contributed by atoms with Crippen LogP contribution in [-0.2, 0) is 14.4 Å². The van der Waals surface area contributed by atoms with Crippen LogP contribution in [0.1, 0.15) is 64.2 Å². The van der Waals surface area contributed by atoms with Gasteiger partial charge in [0.15, 0.2) is 0 Å². The molecule has 1 rings (SSSR count). The molecule has 0 radical (unpaired) electrons. The molecule has 0 saturated carbocycles. The van der Waals surface area contributed by atoms with Gasteiger partial charge in [-0.25, -0.2) is 0 Å². The quantitative estimate of drug-likeness (QED) is 0.437. The van der Waals surface area contributed by atoms with Gasteiger partial charge in [0.25, 0.3) is 0 Å². The van der Waals surface area contributed by atoms with E-state index in [1.165, 1.54) is 0 Å². The molecule has 0 aliphatic carbocycles. The lowest BCUT2D eigenvalue weighted by molar-refractivity contribution is -0.137. The zero-order valence-electron chi connectivity index (χ0n) is 14.5. The van der Waals surface area contributed by atoms with Crippen molar-refractivity contribution in [3.8, 4) is 0 Å². The van der Waals surface area contributed by atoms with Crippen LogP contribution in [0.5, 0.6) is 0 Å². The number of carbonyl (C=O) groups is 3. The molecule has 2 amide bonds. The molecule has 0 spiro atoms. The predicted molar refractivity (Wildman–Crippen MR) is 91.4 cm³/mol. The lowest BCUT2D eigenvalue weighted by Crippen LogP contribution is -2.46. The number of carboxylic acids is 1. The Bertz CT molecular complexity index is 409. The summed E-state index contributed by atoms with van der Waals surface area (Å²) in [5.41, 5.74) is 5.21. The third kappa shape index (κ3) is 8.86. The summed E-state index contributed by atoms with van der Waals surface area (Å²) in [6.07, 6.45) is 7.58. The summed E-state index contributed by atoms with van der Waals surface area (Å²) in [6.45, 7) is 2.33. The highest BCUT2D eigenvalue weighted by Crippen LogP contribution is 2.12. The number of nitrogens with two attached hydrogens (primary N) is 1. The zero-order chi connectivity index (χ0) is 17.8. The molecular formula is C17H31N3O4. The number of primary amides is 1. The molecule has 1 aliphatic rings. The number of rotatable bonds is 13. The van der Waals surface area contributed by atoms with Crippen LogP contribution in [0.2, 0.25) is 0 Å². The summed E-state index contributed by atoms with van der Waals surface area (Å²) in [6, 6.07) is -0.331. The van der Waals surface area contributed by atoms with Gasteiger partial charge < -0.3 is 21.1 Å². The SMILES string of the molecule is NC(=O)CCC(NCCCCCCCC(=O)O)C(=O)N1CCCC1. The maximum absolute atomic E-state index is 12.5. The number of hydrogen-bond acceptors (Lipinski definition) is 4. The molecule has 138 valence electrons. The Morgan fingerprint density at radius 3 is 2.25 bits per heavy atom. The van der Waals surface area contributed by atoms with Gasteiger partial charge in [0.05, 0.1) is 6.04 Å². The molecule has 1 aliphatic heterocycles. The first kappa shape index (κ1) is 20.4. The molecule has 4 N–H and O–H groups in total. The minimum atomic E-state index is -0.741. The number of unbranched alkanes of at least 4 members (excludes halogenated alkanes) is 4. The Morgan fingerprint density at radius 2 is 1.62 bits per heavy atom. The number of likely N-dealkylation sites (tertiary alicyclic amines) is 1. The molecule has 1 unspecified atom stereocenters. The molecule has 1 atom stereocenters. The summed E-state index contributed by atoms with van der Waals surface area (Å²) in [5.74, 6) is -1.04. The van der Waals surface area contributed by atoms with Crippen LogP contribution >= 0.6 is 0 Å². The van der Waals surface area contributed by atoms with E-state index in [2.05, 4.69) is 5.32 Å². The molecule has 0 aromatic rings. The van der Waals surface area contributed by atoms with Gasteiger partial charge in [0.1, 0.15) is 0 Å². The van der Waals surface area contributed by atoms with Crippen molar-refractivity contribution in [2.45, 2.75) is 70.3 Å². The van der Waals surface area contributed by atoms with Crippen molar-refractivity contribution in [3.05, 3.63) is 0 Å². The Morgan fingerprint density at radius 1 is 1.00 bits per heavy atom. The Kier molecular flexibility index (Phi) is 10.1. The van der Waals surface area contributed by atoms with Crippen molar-refractivity contribution < 1.29 is 19.5 Å². The number of carboxylic acid groups (broad SMARTS) is 1. The molecule has 7 heteroatoms. The van der Waals surface area contributed by atoms with E-state index in [9.17, 15) is 14.4 Å². The first-order valence-corrected chi connectivity index (χ1v) is 9.03. The van der Waals surface area contributed by atoms with Crippen LogP contribution in [0.4, 0.5) is 0 Å². The predicted octanol–water partition coefficient (Wildman–Crippen LogP) is 1.26. The molecule has 1 fully saturated rings. The third-order valence-corrected chi connectivity index (χ3v) is 4.35. The van der Waals surface area contributed by atoms with Crippen LogP contribution in [0.25, 0.3) is 0 Å². The van der Waals surface area contributed by atoms with Crippen LogP contribution in [0.15, 0.2) is 0 Å². The van der Waals surface area contributed by atoms with E-state index in [-0.39, 0.29) is 30.7 Å². The molecule has 24 heavy (non-hydrogen) atoms. The highest BCUT2D eigenvalue weighted by molar-refractivity contribution is 5.83. The topological polar surface area (TPSA) is 113 Å². The normalized spacial score (nSPS) is 15.4. The minimum absolute atomic E-state index is 0.0789. The maximum atomic E-state index is 12.5. The lowest BCUT2D eigenvalue weighted by Gasteiger charge is -2.24. The maximum Gasteiger partial charge on any atom is 0.303 e. The van der Waals surface area contributed by atoms with E-state index in [1.807, 2.05) is 4.90 Å². The Labute approximate surface area is 144 Å². The Hall–Kier alpha value is -1.63. The highest BCUT2D eigenvalue weighted by atomic mass is 16.4. The van der Waals surface area contributed by atoms with Crippen LogP contribution in [-0.4, -0.2) is 53.5 Å². The molecule has 0 bridgehead atoms. The second-order valence-corrected chi connectivity index (χ2v) is 6.46. The fourth-order valence-electron chi connectivity index (χ4n) is 2.97. The van der Waals surface area contributed by atoms with E-state index in [4.69, 9.17) is 10.8 Å². The second-order valence-electron chi connectivity index (χ2n) is 6.46. The van der Waals surface area contributed by atoms with Crippen molar-refractivity contribution in [1.29, 1.82) is 0 Å². The number of carbonyl (C=O) groups excluding carboxylic acids is 2. The van der Waals surface area contributed by atoms with Gasteiger partial charge in [-0.1, -0.05) is 19.3 Å². The third-order valence-electron chi connectivity index (χ3n) is 4.35. The van der Waals surface area contributed by atoms with Gasteiger partial charge >= 0.3 is 5.97 Å². The highest BCUT2D eigenvalue weighted by Gasteiger charge is 2.26. The van der Waals surface area contributed by atoms with Crippen molar-refractivity contribution >= 4 is 17.8 Å². The number of hydrogen-bond donors (Lipinski definition) is 3. The van der Waals surface area contributed by atoms with E-state index >= 15 is 0 Å². The number of nitrogens with one attached hydrogen (secondary N) is 1. The van der Waals surface area contributed by atoms with Crippen molar-refractivity contribution in [1.82, 2.24) is 10.2 Å². The first-order valence-electron chi connectivity index (χ1n) is 9.03. The van der Waals surface area contributed by atoms with Crippen molar-refractivity contribution in [2.75, 3.05) is 19.6 Å². The van der Waals surface area contributed by atoms with E-state index in [1.54, 1.807) is 0 Å². The molecule has 0 aromatic carbocycles. The Balaban J connectivity index is 2.22. The van der Waals surface area contributed by atoms with Crippen LogP contribution < -0.4 is 11.1 Å². The molecule has 7 nitrogen and oxygen atoms in total. The number of amides is 2. The minimum Gasteiger partial charge on any atom is -0.481 e. The number of nitrogens with zero attached hydrogens (tertiary/aromatic N) is 1. The average Bonchev–Trinajstić information content (AvgIpc) is 3.06. The molecule has 1 saturated heterocycles. The summed E-state index contributed by atoms with van der Waals surface area (Å²) >= 11 is 0. The standard InChI is InChI=1S/C17H31N3O4/c18-15(21)10-9-14(17(24)20-12-6-7-13-20)19-11-5-3-1-2-4-8-16(22)23/h14,19H,1-13H2,(H2,18,21)(H,22,23). The van der Waals surface area contributed by atoms with Gasteiger partial charge in [0, 0.05) is 25.9 Å². The zero-order valence-corrected chi connectivity index (χ0v) is 14.5. The fourth-order valence-corrected chi connectivity index (χ4v) is 2.97. The van der Waals surface area contributed by atoms with E-state index in [0.29, 0.717) is 6.42 Å². The lowest BCUT2D eigenvalue weighted by atomic mass is 10.1. The van der Waals surface area contributed by atoms with Gasteiger partial charge in [-0.05, 0) is 38.6 Å². The van der Waals surface area contributed by atoms with Gasteiger partial charge in [-0.2, -0.15) is 0 Å². The van der Waals surface area contributed by atoms with Gasteiger partial charge in [0.2, 0.25) is 11.8 Å². The summed E-state index contributed by atoms with van der Waals surface area (Å²) in [4.78, 5) is 35.8. The van der Waals surface area contributed by atoms with E-state index < -0.39 is 5.97 Å². The summed E-state index contributed by atoms with van der Waals surface area (Å²) in [7, 11) is 0.